The molecule has 0 atom stereocenters. The van der Waals surface area contributed by atoms with Gasteiger partial charge >= 0.3 is 0 Å². The molecule has 0 spiro atoms. The average molecular weight is 334 g/mol. The molecule has 0 unspecified atom stereocenters. The van der Waals surface area contributed by atoms with E-state index in [0.717, 1.165) is 12.1 Å². The fourth-order valence-electron chi connectivity index (χ4n) is 2.39. The molecule has 1 heterocycles. The van der Waals surface area contributed by atoms with E-state index in [0.29, 0.717) is 32.4 Å². The molecule has 1 fully saturated rings. The molecule has 2 rings (SSSR count). The van der Waals surface area contributed by atoms with Crippen molar-refractivity contribution in [1.82, 2.24) is 9.62 Å². The van der Waals surface area contributed by atoms with Gasteiger partial charge in [0.05, 0.1) is 13.2 Å². The monoisotopic (exact) mass is 334 g/mol. The predicted octanol–water partition coefficient (Wildman–Crippen LogP) is 1.35. The second kappa shape index (κ2) is 6.57. The molecule has 0 saturated carbocycles. The van der Waals surface area contributed by atoms with Crippen LogP contribution in [0, 0.1) is 11.6 Å². The van der Waals surface area contributed by atoms with E-state index < -0.39 is 26.6 Å². The molecule has 1 aromatic rings. The van der Waals surface area contributed by atoms with Gasteiger partial charge in [0.15, 0.2) is 0 Å². The van der Waals surface area contributed by atoms with E-state index in [-0.39, 0.29) is 12.1 Å². The van der Waals surface area contributed by atoms with Crippen molar-refractivity contribution in [3.8, 4) is 0 Å². The second-order valence-corrected chi connectivity index (χ2v) is 7.56. The Bertz CT molecular complexity index is 635. The van der Waals surface area contributed by atoms with Crippen LogP contribution in [0.1, 0.15) is 13.8 Å². The van der Waals surface area contributed by atoms with Crippen LogP contribution in [0.3, 0.4) is 0 Å². The summed E-state index contributed by atoms with van der Waals surface area (Å²) in [6.45, 7) is 6.54. The minimum absolute atomic E-state index is 0.141. The third kappa shape index (κ3) is 4.01. The van der Waals surface area contributed by atoms with E-state index in [1.165, 1.54) is 0 Å². The fourth-order valence-corrected chi connectivity index (χ4v) is 3.47. The van der Waals surface area contributed by atoms with Crippen molar-refractivity contribution in [1.29, 1.82) is 0 Å². The highest BCUT2D eigenvalue weighted by atomic mass is 32.2. The molecule has 22 heavy (non-hydrogen) atoms. The summed E-state index contributed by atoms with van der Waals surface area (Å²) in [6.07, 6.45) is 0. The summed E-state index contributed by atoms with van der Waals surface area (Å²) in [5.74, 6) is -1.91. The SMILES string of the molecule is CC1(C)COCCN1CCNS(=O)(=O)c1ccc(F)cc1F. The molecule has 1 aliphatic rings. The molecule has 0 aliphatic carbocycles. The largest absolute Gasteiger partial charge is 0.378 e. The lowest BCUT2D eigenvalue weighted by Gasteiger charge is -2.42. The molecule has 5 nitrogen and oxygen atoms in total. The van der Waals surface area contributed by atoms with Gasteiger partial charge in [-0.15, -0.1) is 0 Å². The first kappa shape index (κ1) is 17.3. The summed E-state index contributed by atoms with van der Waals surface area (Å²) in [5, 5.41) is 0. The molecule has 8 heteroatoms. The van der Waals surface area contributed by atoms with Gasteiger partial charge in [0, 0.05) is 31.2 Å². The molecule has 1 N–H and O–H groups in total. The number of nitrogens with zero attached hydrogens (tertiary/aromatic N) is 1. The Hall–Kier alpha value is -1.09. The number of ether oxygens (including phenoxy) is 1. The maximum Gasteiger partial charge on any atom is 0.243 e. The molecule has 1 aliphatic heterocycles. The number of hydrogen-bond acceptors (Lipinski definition) is 4. The fraction of sp³-hybridized carbons (Fsp3) is 0.571. The number of benzene rings is 1. The molecular weight excluding hydrogens is 314 g/mol. The third-order valence-corrected chi connectivity index (χ3v) is 5.17. The van der Waals surface area contributed by atoms with Crippen LogP contribution in [-0.4, -0.2) is 51.7 Å². The summed E-state index contributed by atoms with van der Waals surface area (Å²) >= 11 is 0. The maximum absolute atomic E-state index is 13.6. The minimum atomic E-state index is -4.00. The normalized spacial score (nSPS) is 19.3. The quantitative estimate of drug-likeness (QED) is 0.883. The summed E-state index contributed by atoms with van der Waals surface area (Å²) in [4.78, 5) is 1.56. The van der Waals surface area contributed by atoms with Gasteiger partial charge in [0.1, 0.15) is 16.5 Å². The Morgan fingerprint density at radius 1 is 1.36 bits per heavy atom. The van der Waals surface area contributed by atoms with Gasteiger partial charge in [0.2, 0.25) is 10.0 Å². The van der Waals surface area contributed by atoms with Crippen molar-refractivity contribution in [2.24, 2.45) is 0 Å². The summed E-state index contributed by atoms with van der Waals surface area (Å²) < 4.78 is 58.2. The van der Waals surface area contributed by atoms with Crippen LogP contribution in [0.4, 0.5) is 8.78 Å². The second-order valence-electron chi connectivity index (χ2n) is 5.82. The van der Waals surface area contributed by atoms with Gasteiger partial charge in [-0.1, -0.05) is 0 Å². The van der Waals surface area contributed by atoms with E-state index in [4.69, 9.17) is 4.74 Å². The van der Waals surface area contributed by atoms with E-state index in [1.807, 2.05) is 13.8 Å². The molecule has 124 valence electrons. The molecule has 0 aromatic heterocycles. The van der Waals surface area contributed by atoms with E-state index in [2.05, 4.69) is 9.62 Å². The summed E-state index contributed by atoms with van der Waals surface area (Å²) in [5.41, 5.74) is -0.176. The number of rotatable bonds is 5. The van der Waals surface area contributed by atoms with Crippen molar-refractivity contribution < 1.29 is 21.9 Å². The van der Waals surface area contributed by atoms with Gasteiger partial charge in [-0.3, -0.25) is 4.90 Å². The molecular formula is C14H20F2N2O3S. The lowest BCUT2D eigenvalue weighted by atomic mass is 10.0. The first-order valence-electron chi connectivity index (χ1n) is 7.00. The maximum atomic E-state index is 13.6. The zero-order valence-electron chi connectivity index (χ0n) is 12.6. The number of morpholine rings is 1. The molecule has 0 radical (unpaired) electrons. The Labute approximate surface area is 129 Å². The van der Waals surface area contributed by atoms with Crippen molar-refractivity contribution in [3.05, 3.63) is 29.8 Å². The van der Waals surface area contributed by atoms with E-state index in [1.54, 1.807) is 0 Å². The number of sulfonamides is 1. The lowest BCUT2D eigenvalue weighted by molar-refractivity contribution is -0.0495. The van der Waals surface area contributed by atoms with Gasteiger partial charge in [-0.2, -0.15) is 0 Å². The highest BCUT2D eigenvalue weighted by molar-refractivity contribution is 7.89. The molecule has 1 saturated heterocycles. The van der Waals surface area contributed by atoms with Gasteiger partial charge in [-0.05, 0) is 26.0 Å². The van der Waals surface area contributed by atoms with Crippen molar-refractivity contribution in [2.45, 2.75) is 24.3 Å². The van der Waals surface area contributed by atoms with Gasteiger partial charge in [-0.25, -0.2) is 21.9 Å². The molecule has 0 bridgehead atoms. The highest BCUT2D eigenvalue weighted by Crippen LogP contribution is 2.18. The van der Waals surface area contributed by atoms with Crippen LogP contribution in [-0.2, 0) is 14.8 Å². The Kier molecular flexibility index (Phi) is 5.16. The van der Waals surface area contributed by atoms with Crippen LogP contribution in [0.25, 0.3) is 0 Å². The summed E-state index contributed by atoms with van der Waals surface area (Å²) in [7, 11) is -4.00. The number of hydrogen-bond donors (Lipinski definition) is 1. The smallest absolute Gasteiger partial charge is 0.243 e. The van der Waals surface area contributed by atoms with Crippen molar-refractivity contribution >= 4 is 10.0 Å². The van der Waals surface area contributed by atoms with Crippen LogP contribution in [0.15, 0.2) is 23.1 Å². The zero-order chi connectivity index (χ0) is 16.4. The van der Waals surface area contributed by atoms with E-state index >= 15 is 0 Å². The highest BCUT2D eigenvalue weighted by Gasteiger charge is 2.30. The Morgan fingerprint density at radius 3 is 2.73 bits per heavy atom. The van der Waals surface area contributed by atoms with Crippen molar-refractivity contribution in [3.63, 3.8) is 0 Å². The van der Waals surface area contributed by atoms with Gasteiger partial charge < -0.3 is 4.74 Å². The Balaban J connectivity index is 1.98. The van der Waals surface area contributed by atoms with Crippen LogP contribution < -0.4 is 4.72 Å². The molecule has 1 aromatic carbocycles. The topological polar surface area (TPSA) is 58.6 Å². The zero-order valence-corrected chi connectivity index (χ0v) is 13.4. The summed E-state index contributed by atoms with van der Waals surface area (Å²) in [6, 6.07) is 2.40. The molecule has 0 amide bonds. The van der Waals surface area contributed by atoms with Crippen LogP contribution in [0.2, 0.25) is 0 Å². The van der Waals surface area contributed by atoms with Crippen LogP contribution in [0.5, 0.6) is 0 Å². The lowest BCUT2D eigenvalue weighted by Crippen LogP contribution is -2.54. The number of nitrogens with one attached hydrogen (secondary N) is 1. The Morgan fingerprint density at radius 2 is 2.09 bits per heavy atom. The first-order chi connectivity index (χ1) is 10.2. The first-order valence-corrected chi connectivity index (χ1v) is 8.48. The van der Waals surface area contributed by atoms with Crippen molar-refractivity contribution in [2.75, 3.05) is 32.8 Å². The van der Waals surface area contributed by atoms with Crippen LogP contribution >= 0.6 is 0 Å². The van der Waals surface area contributed by atoms with Gasteiger partial charge in [0.25, 0.3) is 0 Å². The third-order valence-electron chi connectivity index (χ3n) is 3.67. The average Bonchev–Trinajstić information content (AvgIpc) is 2.40. The number of halogens is 2. The predicted molar refractivity (Wildman–Crippen MR) is 78.0 cm³/mol. The van der Waals surface area contributed by atoms with E-state index in [9.17, 15) is 17.2 Å². The minimum Gasteiger partial charge on any atom is -0.378 e. The standard InChI is InChI=1S/C14H20F2N2O3S/c1-14(2)10-21-8-7-18(14)6-5-17-22(19,20)13-4-3-11(15)9-12(13)16/h3-4,9,17H,5-8,10H2,1-2H3.